The average molecular weight is 255 g/mol. The number of nitrogens with zero attached hydrogens (tertiary/aromatic N) is 1. The van der Waals surface area contributed by atoms with Crippen molar-refractivity contribution >= 4 is 21.7 Å². The SMILES string of the molecule is FC(F)(F)CNc1ncccc1Br. The van der Waals surface area contributed by atoms with Crippen molar-refractivity contribution in [2.24, 2.45) is 0 Å². The fraction of sp³-hybridized carbons (Fsp3) is 0.286. The van der Waals surface area contributed by atoms with E-state index in [2.05, 4.69) is 26.2 Å². The van der Waals surface area contributed by atoms with Crippen molar-refractivity contribution in [2.45, 2.75) is 6.18 Å². The molecule has 0 bridgehead atoms. The Morgan fingerprint density at radius 3 is 2.69 bits per heavy atom. The number of halogens is 4. The van der Waals surface area contributed by atoms with Gasteiger partial charge in [-0.2, -0.15) is 13.2 Å². The van der Waals surface area contributed by atoms with Crippen molar-refractivity contribution in [1.29, 1.82) is 0 Å². The molecule has 6 heteroatoms. The second-order valence-electron chi connectivity index (χ2n) is 2.30. The number of anilines is 1. The van der Waals surface area contributed by atoms with E-state index >= 15 is 0 Å². The molecule has 72 valence electrons. The maximum absolute atomic E-state index is 11.8. The summed E-state index contributed by atoms with van der Waals surface area (Å²) in [6.45, 7) is -1.08. The number of alkyl halides is 3. The van der Waals surface area contributed by atoms with E-state index in [0.29, 0.717) is 4.47 Å². The molecule has 0 fully saturated rings. The molecule has 0 amide bonds. The number of hydrogen-bond donors (Lipinski definition) is 1. The molecule has 2 nitrogen and oxygen atoms in total. The Balaban J connectivity index is 2.60. The summed E-state index contributed by atoms with van der Waals surface area (Å²) in [5.74, 6) is 0.194. The highest BCUT2D eigenvalue weighted by molar-refractivity contribution is 9.10. The Bertz CT molecular complexity index is 287. The molecule has 0 saturated heterocycles. The third-order valence-electron chi connectivity index (χ3n) is 1.21. The van der Waals surface area contributed by atoms with Crippen LogP contribution in [0.25, 0.3) is 0 Å². The van der Waals surface area contributed by atoms with Gasteiger partial charge >= 0.3 is 6.18 Å². The fourth-order valence-electron chi connectivity index (χ4n) is 0.700. The second-order valence-corrected chi connectivity index (χ2v) is 3.16. The summed E-state index contributed by atoms with van der Waals surface area (Å²) in [6, 6.07) is 3.24. The van der Waals surface area contributed by atoms with Gasteiger partial charge in [0.2, 0.25) is 0 Å². The zero-order valence-electron chi connectivity index (χ0n) is 6.40. The Hall–Kier alpha value is -0.780. The Kier molecular flexibility index (Phi) is 3.13. The van der Waals surface area contributed by atoms with Crippen LogP contribution in [-0.2, 0) is 0 Å². The van der Waals surface area contributed by atoms with Gasteiger partial charge in [-0.05, 0) is 28.1 Å². The van der Waals surface area contributed by atoms with E-state index in [1.165, 1.54) is 6.20 Å². The minimum absolute atomic E-state index is 0.194. The normalized spacial score (nSPS) is 11.4. The molecule has 1 aromatic rings. The summed E-state index contributed by atoms with van der Waals surface area (Å²) >= 11 is 3.07. The Labute approximate surface area is 81.3 Å². The molecule has 0 aliphatic carbocycles. The molecule has 1 aromatic heterocycles. The number of pyridine rings is 1. The lowest BCUT2D eigenvalue weighted by molar-refractivity contribution is -0.115. The largest absolute Gasteiger partial charge is 0.405 e. The van der Waals surface area contributed by atoms with Gasteiger partial charge in [0.05, 0.1) is 4.47 Å². The third kappa shape index (κ3) is 3.63. The Morgan fingerprint density at radius 1 is 1.46 bits per heavy atom. The predicted octanol–water partition coefficient (Wildman–Crippen LogP) is 2.82. The van der Waals surface area contributed by atoms with Crippen LogP contribution in [0, 0.1) is 0 Å². The van der Waals surface area contributed by atoms with Gasteiger partial charge in [-0.1, -0.05) is 0 Å². The molecule has 0 spiro atoms. The molecule has 0 atom stereocenters. The van der Waals surface area contributed by atoms with Gasteiger partial charge in [0.15, 0.2) is 0 Å². The standard InChI is InChI=1S/C7H6BrF3N2/c8-5-2-1-3-12-6(5)13-4-7(9,10)11/h1-3H,4H2,(H,12,13). The van der Waals surface area contributed by atoms with Gasteiger partial charge in [0.1, 0.15) is 12.4 Å². The maximum atomic E-state index is 11.8. The molecule has 1 heterocycles. The van der Waals surface area contributed by atoms with E-state index in [1.54, 1.807) is 12.1 Å². The van der Waals surface area contributed by atoms with Crippen LogP contribution >= 0.6 is 15.9 Å². The van der Waals surface area contributed by atoms with E-state index in [9.17, 15) is 13.2 Å². The first-order valence-corrected chi connectivity index (χ1v) is 4.19. The van der Waals surface area contributed by atoms with E-state index in [4.69, 9.17) is 0 Å². The molecule has 13 heavy (non-hydrogen) atoms. The van der Waals surface area contributed by atoms with Gasteiger partial charge in [-0.25, -0.2) is 4.98 Å². The monoisotopic (exact) mass is 254 g/mol. The van der Waals surface area contributed by atoms with E-state index in [1.807, 2.05) is 0 Å². The summed E-state index contributed by atoms with van der Waals surface area (Å²) in [5.41, 5.74) is 0. The predicted molar refractivity (Wildman–Crippen MR) is 46.5 cm³/mol. The third-order valence-corrected chi connectivity index (χ3v) is 1.85. The van der Waals surface area contributed by atoms with Gasteiger partial charge in [0, 0.05) is 6.20 Å². The van der Waals surface area contributed by atoms with Crippen molar-refractivity contribution in [3.05, 3.63) is 22.8 Å². The molecule has 1 N–H and O–H groups in total. The van der Waals surface area contributed by atoms with Crippen LogP contribution in [0.3, 0.4) is 0 Å². The highest BCUT2D eigenvalue weighted by Gasteiger charge is 2.26. The summed E-state index contributed by atoms with van der Waals surface area (Å²) < 4.78 is 35.8. The van der Waals surface area contributed by atoms with Crippen LogP contribution in [0.1, 0.15) is 0 Å². The average Bonchev–Trinajstić information content (AvgIpc) is 2.01. The molecule has 0 aliphatic rings. The summed E-state index contributed by atoms with van der Waals surface area (Å²) in [5, 5.41) is 2.17. The zero-order chi connectivity index (χ0) is 9.90. The van der Waals surface area contributed by atoms with Crippen molar-refractivity contribution in [3.8, 4) is 0 Å². The first kappa shape index (κ1) is 10.3. The Morgan fingerprint density at radius 2 is 2.15 bits per heavy atom. The van der Waals surface area contributed by atoms with Crippen LogP contribution in [0.5, 0.6) is 0 Å². The first-order chi connectivity index (χ1) is 5.99. The van der Waals surface area contributed by atoms with Crippen LogP contribution in [0.2, 0.25) is 0 Å². The highest BCUT2D eigenvalue weighted by atomic mass is 79.9. The van der Waals surface area contributed by atoms with Crippen molar-refractivity contribution in [3.63, 3.8) is 0 Å². The summed E-state index contributed by atoms with van der Waals surface area (Å²) in [7, 11) is 0. The zero-order valence-corrected chi connectivity index (χ0v) is 7.98. The molecule has 0 unspecified atom stereocenters. The van der Waals surface area contributed by atoms with Crippen molar-refractivity contribution in [1.82, 2.24) is 4.98 Å². The van der Waals surface area contributed by atoms with E-state index in [-0.39, 0.29) is 5.82 Å². The molecule has 0 saturated carbocycles. The number of nitrogens with one attached hydrogen (secondary N) is 1. The van der Waals surface area contributed by atoms with Crippen LogP contribution in [0.15, 0.2) is 22.8 Å². The summed E-state index contributed by atoms with van der Waals surface area (Å²) in [4.78, 5) is 3.72. The molecule has 1 rings (SSSR count). The van der Waals surface area contributed by atoms with Gasteiger partial charge in [0.25, 0.3) is 0 Å². The lowest BCUT2D eigenvalue weighted by Crippen LogP contribution is -2.21. The van der Waals surface area contributed by atoms with Crippen molar-refractivity contribution in [2.75, 3.05) is 11.9 Å². The van der Waals surface area contributed by atoms with E-state index in [0.717, 1.165) is 0 Å². The minimum Gasteiger partial charge on any atom is -0.360 e. The van der Waals surface area contributed by atoms with Gasteiger partial charge in [-0.3, -0.25) is 0 Å². The van der Waals surface area contributed by atoms with E-state index < -0.39 is 12.7 Å². The number of hydrogen-bond acceptors (Lipinski definition) is 2. The first-order valence-electron chi connectivity index (χ1n) is 3.40. The summed E-state index contributed by atoms with van der Waals surface area (Å²) in [6.07, 6.45) is -2.81. The number of aromatic nitrogens is 1. The van der Waals surface area contributed by atoms with Crippen LogP contribution in [-0.4, -0.2) is 17.7 Å². The lowest BCUT2D eigenvalue weighted by Gasteiger charge is -2.09. The molecule has 0 aliphatic heterocycles. The smallest absolute Gasteiger partial charge is 0.360 e. The van der Waals surface area contributed by atoms with Crippen LogP contribution in [0.4, 0.5) is 19.0 Å². The fourth-order valence-corrected chi connectivity index (χ4v) is 1.09. The highest BCUT2D eigenvalue weighted by Crippen LogP contribution is 2.21. The molecular weight excluding hydrogens is 249 g/mol. The topological polar surface area (TPSA) is 24.9 Å². The quantitative estimate of drug-likeness (QED) is 0.878. The number of rotatable bonds is 2. The van der Waals surface area contributed by atoms with Gasteiger partial charge in [-0.15, -0.1) is 0 Å². The maximum Gasteiger partial charge on any atom is 0.405 e. The minimum atomic E-state index is -4.23. The van der Waals surface area contributed by atoms with Gasteiger partial charge < -0.3 is 5.32 Å². The second kappa shape index (κ2) is 3.95. The van der Waals surface area contributed by atoms with Crippen molar-refractivity contribution < 1.29 is 13.2 Å². The molecular formula is C7H6BrF3N2. The molecule has 0 aromatic carbocycles. The molecule has 0 radical (unpaired) electrons. The van der Waals surface area contributed by atoms with Crippen LogP contribution < -0.4 is 5.32 Å². The lowest BCUT2D eigenvalue weighted by atomic mass is 10.4.